The molecule has 0 saturated heterocycles. The second-order valence-corrected chi connectivity index (χ2v) is 7.57. The van der Waals surface area contributed by atoms with Crippen LogP contribution in [-0.2, 0) is 12.0 Å². The third kappa shape index (κ3) is 2.69. The van der Waals surface area contributed by atoms with Crippen molar-refractivity contribution in [1.29, 1.82) is 0 Å². The molecule has 0 N–H and O–H groups in total. The maximum Gasteiger partial charge on any atom is 0.259 e. The summed E-state index contributed by atoms with van der Waals surface area (Å²) < 4.78 is 17.2. The van der Waals surface area contributed by atoms with Gasteiger partial charge in [-0.15, -0.1) is 0 Å². The Labute approximate surface area is 150 Å². The number of halogens is 1. The molecule has 5 heteroatoms. The Bertz CT molecular complexity index is 1180. The number of aromatic nitrogens is 3. The van der Waals surface area contributed by atoms with Gasteiger partial charge in [0.15, 0.2) is 0 Å². The largest absolute Gasteiger partial charge is 0.305 e. The zero-order valence-electron chi connectivity index (χ0n) is 15.0. The molecular formula is C21H20FN3O. The first-order valence-electron chi connectivity index (χ1n) is 8.60. The van der Waals surface area contributed by atoms with Gasteiger partial charge in [0.1, 0.15) is 5.82 Å². The standard InChI is InChI=1S/C21H20FN3O/c1-21(2,3)18-12-19(26)25-17-10-5-4-9-16(17)24(20(25)23-18)13-14-7-6-8-15(22)11-14/h4-12H,13H2,1-3H3. The minimum absolute atomic E-state index is 0.103. The van der Waals surface area contributed by atoms with E-state index >= 15 is 0 Å². The lowest BCUT2D eigenvalue weighted by molar-refractivity contribution is 0.565. The molecule has 0 amide bonds. The summed E-state index contributed by atoms with van der Waals surface area (Å²) in [7, 11) is 0. The van der Waals surface area contributed by atoms with Crippen LogP contribution in [0.1, 0.15) is 32.0 Å². The van der Waals surface area contributed by atoms with Gasteiger partial charge in [0.2, 0.25) is 5.78 Å². The van der Waals surface area contributed by atoms with E-state index < -0.39 is 0 Å². The van der Waals surface area contributed by atoms with Gasteiger partial charge in [-0.25, -0.2) is 13.8 Å². The third-order valence-electron chi connectivity index (χ3n) is 4.55. The van der Waals surface area contributed by atoms with Gasteiger partial charge in [-0.1, -0.05) is 45.0 Å². The van der Waals surface area contributed by atoms with Crippen molar-refractivity contribution in [1.82, 2.24) is 14.0 Å². The van der Waals surface area contributed by atoms with Crippen LogP contribution in [0.2, 0.25) is 0 Å². The fraction of sp³-hybridized carbons (Fsp3) is 0.238. The van der Waals surface area contributed by atoms with E-state index in [9.17, 15) is 9.18 Å². The quantitative estimate of drug-likeness (QED) is 0.546. The van der Waals surface area contributed by atoms with E-state index in [-0.39, 0.29) is 16.8 Å². The number of fused-ring (bicyclic) bond motifs is 3. The maximum absolute atomic E-state index is 13.6. The molecule has 26 heavy (non-hydrogen) atoms. The van der Waals surface area contributed by atoms with Crippen LogP contribution in [0.5, 0.6) is 0 Å². The van der Waals surface area contributed by atoms with E-state index in [2.05, 4.69) is 0 Å². The van der Waals surface area contributed by atoms with Crippen molar-refractivity contribution >= 4 is 16.8 Å². The number of hydrogen-bond acceptors (Lipinski definition) is 2. The highest BCUT2D eigenvalue weighted by atomic mass is 19.1. The lowest BCUT2D eigenvalue weighted by Gasteiger charge is -2.17. The normalized spacial score (nSPS) is 12.2. The summed E-state index contributed by atoms with van der Waals surface area (Å²) in [6.07, 6.45) is 0. The summed E-state index contributed by atoms with van der Waals surface area (Å²) in [6.45, 7) is 6.54. The number of hydrogen-bond donors (Lipinski definition) is 0. The van der Waals surface area contributed by atoms with Crippen molar-refractivity contribution in [2.24, 2.45) is 0 Å². The number of para-hydroxylation sites is 2. The van der Waals surface area contributed by atoms with Gasteiger partial charge in [0, 0.05) is 11.5 Å². The summed E-state index contributed by atoms with van der Waals surface area (Å²) in [5.74, 6) is 0.302. The monoisotopic (exact) mass is 349 g/mol. The Morgan fingerprint density at radius 1 is 1.00 bits per heavy atom. The van der Waals surface area contributed by atoms with E-state index in [0.717, 1.165) is 22.3 Å². The average Bonchev–Trinajstić information content (AvgIpc) is 2.89. The van der Waals surface area contributed by atoms with E-state index in [4.69, 9.17) is 4.98 Å². The molecule has 0 spiro atoms. The molecule has 0 bridgehead atoms. The second kappa shape index (κ2) is 5.80. The first-order valence-corrected chi connectivity index (χ1v) is 8.60. The molecule has 0 saturated carbocycles. The van der Waals surface area contributed by atoms with Gasteiger partial charge in [-0.05, 0) is 29.8 Å². The first kappa shape index (κ1) is 16.5. The molecule has 132 valence electrons. The Morgan fingerprint density at radius 3 is 2.42 bits per heavy atom. The summed E-state index contributed by atoms with van der Waals surface area (Å²) in [4.78, 5) is 17.6. The maximum atomic E-state index is 13.6. The molecule has 0 fully saturated rings. The van der Waals surface area contributed by atoms with Crippen molar-refractivity contribution in [3.8, 4) is 0 Å². The van der Waals surface area contributed by atoms with Crippen molar-refractivity contribution in [2.45, 2.75) is 32.7 Å². The van der Waals surface area contributed by atoms with Gasteiger partial charge >= 0.3 is 0 Å². The molecule has 4 aromatic rings. The highest BCUT2D eigenvalue weighted by molar-refractivity contribution is 5.80. The van der Waals surface area contributed by atoms with Gasteiger partial charge in [-0.3, -0.25) is 4.79 Å². The Kier molecular flexibility index (Phi) is 3.68. The molecule has 0 aliphatic carbocycles. The molecule has 2 heterocycles. The van der Waals surface area contributed by atoms with E-state index in [0.29, 0.717) is 12.3 Å². The Balaban J connectivity index is 2.05. The second-order valence-electron chi connectivity index (χ2n) is 7.57. The van der Waals surface area contributed by atoms with Crippen LogP contribution >= 0.6 is 0 Å². The van der Waals surface area contributed by atoms with Crippen LogP contribution in [0, 0.1) is 5.82 Å². The van der Waals surface area contributed by atoms with Crippen molar-refractivity contribution in [3.05, 3.63) is 82.0 Å². The van der Waals surface area contributed by atoms with Crippen LogP contribution < -0.4 is 5.56 Å². The number of rotatable bonds is 2. The third-order valence-corrected chi connectivity index (χ3v) is 4.55. The number of imidazole rings is 1. The minimum atomic E-state index is -0.274. The zero-order chi connectivity index (χ0) is 18.5. The van der Waals surface area contributed by atoms with E-state index in [1.54, 1.807) is 16.5 Å². The lowest BCUT2D eigenvalue weighted by atomic mass is 9.92. The molecule has 0 unspecified atom stereocenters. The van der Waals surface area contributed by atoms with Gasteiger partial charge < -0.3 is 4.57 Å². The summed E-state index contributed by atoms with van der Waals surface area (Å²) >= 11 is 0. The molecule has 0 atom stereocenters. The lowest BCUT2D eigenvalue weighted by Crippen LogP contribution is -2.22. The molecular weight excluding hydrogens is 329 g/mol. The predicted octanol–water partition coefficient (Wildman–Crippen LogP) is 4.13. The Hall–Kier alpha value is -2.95. The molecule has 2 aromatic heterocycles. The topological polar surface area (TPSA) is 39.3 Å². The summed E-state index contributed by atoms with van der Waals surface area (Å²) in [5, 5.41) is 0. The smallest absolute Gasteiger partial charge is 0.259 e. The average molecular weight is 349 g/mol. The van der Waals surface area contributed by atoms with Crippen LogP contribution in [0.3, 0.4) is 0 Å². The molecule has 0 aliphatic heterocycles. The van der Waals surface area contributed by atoms with Crippen molar-refractivity contribution < 1.29 is 4.39 Å². The van der Waals surface area contributed by atoms with Crippen LogP contribution in [0.15, 0.2) is 59.4 Å². The summed E-state index contributed by atoms with van der Waals surface area (Å²) in [5.41, 5.74) is 2.92. The zero-order valence-corrected chi connectivity index (χ0v) is 15.0. The number of benzene rings is 2. The molecule has 4 nitrogen and oxygen atoms in total. The molecule has 0 radical (unpaired) electrons. The molecule has 0 aliphatic rings. The molecule has 4 rings (SSSR count). The van der Waals surface area contributed by atoms with E-state index in [1.807, 2.05) is 55.7 Å². The first-order chi connectivity index (χ1) is 12.3. The van der Waals surface area contributed by atoms with Crippen molar-refractivity contribution in [2.75, 3.05) is 0 Å². The fourth-order valence-electron chi connectivity index (χ4n) is 3.22. The Morgan fingerprint density at radius 2 is 1.73 bits per heavy atom. The highest BCUT2D eigenvalue weighted by Gasteiger charge is 2.21. The SMILES string of the molecule is CC(C)(C)c1cc(=O)n2c3ccccc3n(Cc3cccc(F)c3)c2n1. The van der Waals surface area contributed by atoms with Gasteiger partial charge in [0.05, 0.1) is 23.3 Å². The van der Waals surface area contributed by atoms with Gasteiger partial charge in [-0.2, -0.15) is 0 Å². The molecule has 2 aromatic carbocycles. The van der Waals surface area contributed by atoms with Crippen LogP contribution in [0.25, 0.3) is 16.8 Å². The van der Waals surface area contributed by atoms with Crippen LogP contribution in [0.4, 0.5) is 4.39 Å². The van der Waals surface area contributed by atoms with Crippen LogP contribution in [-0.4, -0.2) is 14.0 Å². The number of nitrogens with zero attached hydrogens (tertiary/aromatic N) is 3. The summed E-state index contributed by atoms with van der Waals surface area (Å²) in [6, 6.07) is 15.8. The predicted molar refractivity (Wildman–Crippen MR) is 101 cm³/mol. The highest BCUT2D eigenvalue weighted by Crippen LogP contribution is 2.24. The fourth-order valence-corrected chi connectivity index (χ4v) is 3.22. The minimum Gasteiger partial charge on any atom is -0.305 e. The van der Waals surface area contributed by atoms with Crippen molar-refractivity contribution in [3.63, 3.8) is 0 Å². The van der Waals surface area contributed by atoms with E-state index in [1.165, 1.54) is 12.1 Å². The van der Waals surface area contributed by atoms with Gasteiger partial charge in [0.25, 0.3) is 5.56 Å².